The van der Waals surface area contributed by atoms with Gasteiger partial charge in [0.1, 0.15) is 10.6 Å². The number of nitrogens with zero attached hydrogens (tertiary/aromatic N) is 3. The molecule has 0 bridgehead atoms. The van der Waals surface area contributed by atoms with Crippen LogP contribution in [0.15, 0.2) is 53.1 Å². The van der Waals surface area contributed by atoms with Crippen molar-refractivity contribution < 1.29 is 9.21 Å². The summed E-state index contributed by atoms with van der Waals surface area (Å²) in [5.41, 5.74) is 1.93. The van der Waals surface area contributed by atoms with Crippen LogP contribution >= 0.6 is 22.9 Å². The number of rotatable bonds is 6. The van der Waals surface area contributed by atoms with Gasteiger partial charge < -0.3 is 9.32 Å². The molecule has 7 heteroatoms. The number of amides is 1. The molecular weight excluding hydrogens is 406 g/mol. The van der Waals surface area contributed by atoms with Gasteiger partial charge in [-0.25, -0.2) is 0 Å². The fourth-order valence-corrected chi connectivity index (χ4v) is 4.89. The molecule has 1 saturated carbocycles. The van der Waals surface area contributed by atoms with Crippen LogP contribution in [0, 0.1) is 6.92 Å². The zero-order valence-electron chi connectivity index (χ0n) is 16.0. The number of aryl methyl sites for hydroxylation is 1. The number of halogens is 1. The Labute approximate surface area is 177 Å². The number of aromatic nitrogens is 2. The van der Waals surface area contributed by atoms with E-state index in [1.807, 2.05) is 59.0 Å². The number of thiophene rings is 1. The summed E-state index contributed by atoms with van der Waals surface area (Å²) in [5, 5.41) is 6.42. The van der Waals surface area contributed by atoms with Gasteiger partial charge in [-0.2, -0.15) is 5.10 Å². The van der Waals surface area contributed by atoms with Crippen LogP contribution in [0.4, 0.5) is 0 Å². The SMILES string of the molecule is Cc1nn(Cc2ccccc2Cl)c2sc(C(=O)N(Cc3ccco3)C3CC3)cc12. The Hall–Kier alpha value is -2.57. The van der Waals surface area contributed by atoms with Crippen LogP contribution < -0.4 is 0 Å². The maximum Gasteiger partial charge on any atom is 0.264 e. The van der Waals surface area contributed by atoms with Crippen LogP contribution in [0.5, 0.6) is 0 Å². The Bertz CT molecular complexity index is 1170. The van der Waals surface area contributed by atoms with Crippen LogP contribution in [0.2, 0.25) is 5.02 Å². The molecule has 1 aromatic carbocycles. The van der Waals surface area contributed by atoms with Crippen molar-refractivity contribution in [1.82, 2.24) is 14.7 Å². The fraction of sp³-hybridized carbons (Fsp3) is 0.273. The van der Waals surface area contributed by atoms with Crippen molar-refractivity contribution in [2.45, 2.75) is 38.9 Å². The first kappa shape index (κ1) is 18.5. The average Bonchev–Trinajstić information content (AvgIpc) is 3.13. The summed E-state index contributed by atoms with van der Waals surface area (Å²) in [7, 11) is 0. The number of carbonyl (C=O) groups is 1. The Kier molecular flexibility index (Phi) is 4.68. The van der Waals surface area contributed by atoms with Crippen molar-refractivity contribution in [3.63, 3.8) is 0 Å². The maximum absolute atomic E-state index is 13.3. The molecule has 3 heterocycles. The van der Waals surface area contributed by atoms with Crippen molar-refractivity contribution in [2.75, 3.05) is 0 Å². The van der Waals surface area contributed by atoms with Crippen LogP contribution in [0.25, 0.3) is 10.2 Å². The third kappa shape index (κ3) is 3.58. The van der Waals surface area contributed by atoms with Crippen LogP contribution in [-0.4, -0.2) is 26.6 Å². The number of hydrogen-bond acceptors (Lipinski definition) is 4. The second-order valence-electron chi connectivity index (χ2n) is 7.41. The number of hydrogen-bond donors (Lipinski definition) is 0. The van der Waals surface area contributed by atoms with E-state index in [0.717, 1.165) is 50.0 Å². The summed E-state index contributed by atoms with van der Waals surface area (Å²) < 4.78 is 7.42. The number of benzene rings is 1. The van der Waals surface area contributed by atoms with Gasteiger partial charge in [0.05, 0.1) is 29.9 Å². The number of furan rings is 1. The van der Waals surface area contributed by atoms with Crippen LogP contribution in [-0.2, 0) is 13.1 Å². The fourth-order valence-electron chi connectivity index (χ4n) is 3.58. The highest BCUT2D eigenvalue weighted by Crippen LogP contribution is 2.34. The molecule has 0 saturated heterocycles. The second-order valence-corrected chi connectivity index (χ2v) is 8.85. The maximum atomic E-state index is 13.3. The molecule has 0 unspecified atom stereocenters. The molecule has 1 aliphatic rings. The minimum absolute atomic E-state index is 0.0637. The zero-order valence-corrected chi connectivity index (χ0v) is 17.5. The lowest BCUT2D eigenvalue weighted by Gasteiger charge is -2.20. The summed E-state index contributed by atoms with van der Waals surface area (Å²) in [6.07, 6.45) is 3.75. The largest absolute Gasteiger partial charge is 0.467 e. The quantitative estimate of drug-likeness (QED) is 0.409. The molecule has 1 aliphatic carbocycles. The van der Waals surface area contributed by atoms with Gasteiger partial charge in [-0.1, -0.05) is 29.8 Å². The monoisotopic (exact) mass is 425 g/mol. The van der Waals surface area contributed by atoms with Gasteiger partial charge in [-0.05, 0) is 49.6 Å². The molecule has 3 aromatic heterocycles. The summed E-state index contributed by atoms with van der Waals surface area (Å²) in [5.74, 6) is 0.876. The van der Waals surface area contributed by atoms with Gasteiger partial charge in [-0.15, -0.1) is 11.3 Å². The standard InChI is InChI=1S/C22H20ClN3O2S/c1-14-18-11-20(21(27)25(16-8-9-16)13-17-6-4-10-28-17)29-22(18)26(24-14)12-15-5-2-3-7-19(15)23/h2-7,10-11,16H,8-9,12-13H2,1H3. The van der Waals surface area contributed by atoms with Gasteiger partial charge in [0.2, 0.25) is 0 Å². The molecule has 1 fully saturated rings. The molecule has 1 amide bonds. The van der Waals surface area contributed by atoms with Gasteiger partial charge >= 0.3 is 0 Å². The molecule has 4 aromatic rings. The van der Waals surface area contributed by atoms with Gasteiger partial charge in [0, 0.05) is 16.5 Å². The van der Waals surface area contributed by atoms with E-state index in [-0.39, 0.29) is 5.91 Å². The highest BCUT2D eigenvalue weighted by atomic mass is 35.5. The summed E-state index contributed by atoms with van der Waals surface area (Å²) in [6.45, 7) is 3.07. The van der Waals surface area contributed by atoms with E-state index in [9.17, 15) is 4.79 Å². The molecule has 5 rings (SSSR count). The van der Waals surface area contributed by atoms with E-state index in [4.69, 9.17) is 16.0 Å². The summed E-state index contributed by atoms with van der Waals surface area (Å²) >= 11 is 7.83. The second kappa shape index (κ2) is 7.35. The molecular formula is C22H20ClN3O2S. The molecule has 0 spiro atoms. The van der Waals surface area contributed by atoms with E-state index >= 15 is 0 Å². The molecule has 0 atom stereocenters. The van der Waals surface area contributed by atoms with E-state index in [2.05, 4.69) is 5.10 Å². The molecule has 5 nitrogen and oxygen atoms in total. The normalized spacial score (nSPS) is 13.9. The lowest BCUT2D eigenvalue weighted by Crippen LogP contribution is -2.31. The first-order valence-corrected chi connectivity index (χ1v) is 10.8. The third-order valence-corrected chi connectivity index (χ3v) is 6.76. The lowest BCUT2D eigenvalue weighted by atomic mass is 10.2. The first-order chi connectivity index (χ1) is 14.1. The van der Waals surface area contributed by atoms with Crippen molar-refractivity contribution in [1.29, 1.82) is 0 Å². The predicted molar refractivity (Wildman–Crippen MR) is 115 cm³/mol. The van der Waals surface area contributed by atoms with Crippen LogP contribution in [0.1, 0.15) is 39.5 Å². The Balaban J connectivity index is 1.46. The van der Waals surface area contributed by atoms with E-state index in [1.165, 1.54) is 11.3 Å². The van der Waals surface area contributed by atoms with E-state index in [0.29, 0.717) is 19.1 Å². The van der Waals surface area contributed by atoms with Gasteiger partial charge in [0.15, 0.2) is 0 Å². The molecule has 148 valence electrons. The summed E-state index contributed by atoms with van der Waals surface area (Å²) in [4.78, 5) is 17.0. The topological polar surface area (TPSA) is 51.3 Å². The zero-order chi connectivity index (χ0) is 20.0. The number of carbonyl (C=O) groups excluding carboxylic acids is 1. The molecule has 0 N–H and O–H groups in total. The van der Waals surface area contributed by atoms with Crippen molar-refractivity contribution in [2.24, 2.45) is 0 Å². The molecule has 0 radical (unpaired) electrons. The highest BCUT2D eigenvalue weighted by Gasteiger charge is 2.34. The Morgan fingerprint density at radius 3 is 2.86 bits per heavy atom. The van der Waals surface area contributed by atoms with Gasteiger partial charge in [-0.3, -0.25) is 9.48 Å². The van der Waals surface area contributed by atoms with E-state index in [1.54, 1.807) is 6.26 Å². The van der Waals surface area contributed by atoms with Gasteiger partial charge in [0.25, 0.3) is 5.91 Å². The van der Waals surface area contributed by atoms with Crippen LogP contribution in [0.3, 0.4) is 0 Å². The van der Waals surface area contributed by atoms with Crippen molar-refractivity contribution in [3.8, 4) is 0 Å². The lowest BCUT2D eigenvalue weighted by molar-refractivity contribution is 0.0722. The minimum Gasteiger partial charge on any atom is -0.467 e. The third-order valence-electron chi connectivity index (χ3n) is 5.25. The average molecular weight is 426 g/mol. The smallest absolute Gasteiger partial charge is 0.264 e. The molecule has 29 heavy (non-hydrogen) atoms. The molecule has 0 aliphatic heterocycles. The highest BCUT2D eigenvalue weighted by molar-refractivity contribution is 7.20. The first-order valence-electron chi connectivity index (χ1n) is 9.64. The summed E-state index contributed by atoms with van der Waals surface area (Å²) in [6, 6.07) is 13.8. The Morgan fingerprint density at radius 2 is 2.14 bits per heavy atom. The van der Waals surface area contributed by atoms with E-state index < -0.39 is 0 Å². The van der Waals surface area contributed by atoms with Crippen molar-refractivity contribution >= 4 is 39.1 Å². The number of fused-ring (bicyclic) bond motifs is 1. The van der Waals surface area contributed by atoms with Crippen molar-refractivity contribution in [3.05, 3.63) is 75.6 Å². The predicted octanol–water partition coefficient (Wildman–Crippen LogP) is 5.51. The minimum atomic E-state index is 0.0637. The Morgan fingerprint density at radius 1 is 1.31 bits per heavy atom.